The van der Waals surface area contributed by atoms with E-state index >= 15 is 0 Å². The van der Waals surface area contributed by atoms with Crippen LogP contribution in [-0.4, -0.2) is 50.4 Å². The van der Waals surface area contributed by atoms with Gasteiger partial charge in [-0.15, -0.1) is 0 Å². The Morgan fingerprint density at radius 2 is 1.86 bits per heavy atom. The molecule has 2 atom stereocenters. The van der Waals surface area contributed by atoms with Crippen molar-refractivity contribution in [3.8, 4) is 11.3 Å². The predicted octanol–water partition coefficient (Wildman–Crippen LogP) is 4.75. The van der Waals surface area contributed by atoms with Crippen molar-refractivity contribution in [2.45, 2.75) is 51.5 Å². The molecule has 4 aromatic rings. The molecule has 2 heterocycles. The van der Waals surface area contributed by atoms with Crippen LogP contribution in [0.15, 0.2) is 83.8 Å². The topological polar surface area (TPSA) is 140 Å². The van der Waals surface area contributed by atoms with E-state index in [4.69, 9.17) is 10.7 Å². The van der Waals surface area contributed by atoms with Crippen LogP contribution in [0.2, 0.25) is 0 Å². The Morgan fingerprint density at radius 1 is 1.09 bits per heavy atom. The van der Waals surface area contributed by atoms with Crippen LogP contribution in [0.5, 0.6) is 0 Å². The Balaban J connectivity index is 1.46. The van der Waals surface area contributed by atoms with Crippen molar-refractivity contribution in [2.24, 2.45) is 17.8 Å². The molecule has 0 saturated heterocycles. The predicted molar refractivity (Wildman–Crippen MR) is 173 cm³/mol. The van der Waals surface area contributed by atoms with Crippen LogP contribution in [0.3, 0.4) is 0 Å². The van der Waals surface area contributed by atoms with E-state index in [-0.39, 0.29) is 23.7 Å². The van der Waals surface area contributed by atoms with Crippen molar-refractivity contribution in [1.29, 1.82) is 0 Å². The molecule has 5 rings (SSSR count). The van der Waals surface area contributed by atoms with Gasteiger partial charge in [0.25, 0.3) is 5.91 Å². The van der Waals surface area contributed by atoms with Gasteiger partial charge in [0.2, 0.25) is 5.91 Å². The zero-order valence-corrected chi connectivity index (χ0v) is 25.7. The Morgan fingerprint density at radius 3 is 2.52 bits per heavy atom. The number of anilines is 1. The molecule has 2 aromatic carbocycles. The van der Waals surface area contributed by atoms with Gasteiger partial charge in [-0.2, -0.15) is 5.10 Å². The number of fused-ring (bicyclic) bond motifs is 1. The third kappa shape index (κ3) is 6.29. The van der Waals surface area contributed by atoms with Crippen LogP contribution < -0.4 is 16.4 Å². The van der Waals surface area contributed by atoms with Crippen molar-refractivity contribution in [2.75, 3.05) is 12.4 Å². The lowest BCUT2D eigenvalue weighted by Gasteiger charge is -2.25. The van der Waals surface area contributed by atoms with Crippen LogP contribution in [0.25, 0.3) is 11.3 Å². The zero-order chi connectivity index (χ0) is 31.4. The summed E-state index contributed by atoms with van der Waals surface area (Å²) < 4.78 is 1.50. The van der Waals surface area contributed by atoms with Crippen LogP contribution in [0, 0.1) is 0 Å². The van der Waals surface area contributed by atoms with Gasteiger partial charge in [-0.05, 0) is 73.0 Å². The molecule has 1 unspecified atom stereocenters. The monoisotopic (exact) mass is 590 g/mol. The quantitative estimate of drug-likeness (QED) is 0.240. The van der Waals surface area contributed by atoms with E-state index in [0.29, 0.717) is 17.8 Å². The Labute approximate surface area is 257 Å². The molecule has 0 radical (unpaired) electrons. The number of hydrogen-bond acceptors (Lipinski definition) is 7. The van der Waals surface area contributed by atoms with Crippen molar-refractivity contribution in [1.82, 2.24) is 25.1 Å². The minimum absolute atomic E-state index is 0.198. The molecule has 0 bridgehead atoms. The molecular weight excluding hydrogens is 552 g/mol. The molecule has 1 aliphatic carbocycles. The molecule has 0 saturated carbocycles. The summed E-state index contributed by atoms with van der Waals surface area (Å²) in [4.78, 5) is 40.9. The minimum Gasteiger partial charge on any atom is -0.404 e. The number of benzene rings is 2. The van der Waals surface area contributed by atoms with Crippen LogP contribution >= 0.6 is 0 Å². The molecule has 10 nitrogen and oxygen atoms in total. The van der Waals surface area contributed by atoms with E-state index in [1.807, 2.05) is 37.3 Å². The molecule has 0 fully saturated rings. The average Bonchev–Trinajstić information content (AvgIpc) is 3.66. The third-order valence-electron chi connectivity index (χ3n) is 8.05. The van der Waals surface area contributed by atoms with E-state index in [0.717, 1.165) is 51.5 Å². The van der Waals surface area contributed by atoms with Crippen molar-refractivity contribution >= 4 is 23.2 Å². The second-order valence-electron chi connectivity index (χ2n) is 11.3. The summed E-state index contributed by atoms with van der Waals surface area (Å²) in [5.41, 5.74) is 13.2. The SMILES string of the molecule is CN=C(/C(C)=C\N)c1ccc(NC(=O)C(NC(=O)c2ccnn2C)[C@@H]2CCc3ccc(-c4ccnc(C(C)C)n4)cc32)cc1. The minimum atomic E-state index is -0.833. The van der Waals surface area contributed by atoms with Gasteiger partial charge in [-0.1, -0.05) is 38.1 Å². The second kappa shape index (κ2) is 13.0. The molecular formula is C34H38N8O2. The summed E-state index contributed by atoms with van der Waals surface area (Å²) in [5, 5.41) is 10.2. The van der Waals surface area contributed by atoms with Crippen LogP contribution in [-0.2, 0) is 18.3 Å². The normalized spacial score (nSPS) is 15.6. The number of nitrogens with one attached hydrogen (secondary N) is 2. The summed E-state index contributed by atoms with van der Waals surface area (Å²) >= 11 is 0. The lowest BCUT2D eigenvalue weighted by Crippen LogP contribution is -2.47. The third-order valence-corrected chi connectivity index (χ3v) is 8.05. The first kappa shape index (κ1) is 30.3. The fourth-order valence-corrected chi connectivity index (χ4v) is 5.66. The number of carbonyl (C=O) groups excluding carboxylic acids is 2. The standard InChI is InChI=1S/C34H38N8O2/c1-20(2)32-37-16-14-28(40-32)24-7-6-22-10-13-26(27(22)18-24)31(41-33(43)29-15-17-38-42(29)5)34(44)39-25-11-8-23(9-12-25)30(36-4)21(3)19-35/h6-9,11-12,14-20,26,31H,10,13,35H2,1-5H3,(H,39,44)(H,41,43)/b21-19-,36-30?/t26-,31?/m1/s1. The number of allylic oxidation sites excluding steroid dienone is 1. The molecule has 44 heavy (non-hydrogen) atoms. The number of nitrogens with two attached hydrogens (primary N) is 1. The maximum Gasteiger partial charge on any atom is 0.270 e. The lowest BCUT2D eigenvalue weighted by molar-refractivity contribution is -0.118. The molecule has 0 aliphatic heterocycles. The summed E-state index contributed by atoms with van der Waals surface area (Å²) in [7, 11) is 3.41. The van der Waals surface area contributed by atoms with Gasteiger partial charge in [0.05, 0.1) is 11.4 Å². The number of amides is 2. The summed E-state index contributed by atoms with van der Waals surface area (Å²) in [6.07, 6.45) is 6.37. The van der Waals surface area contributed by atoms with E-state index < -0.39 is 6.04 Å². The van der Waals surface area contributed by atoms with E-state index in [1.165, 1.54) is 10.9 Å². The average molecular weight is 591 g/mol. The highest BCUT2D eigenvalue weighted by molar-refractivity contribution is 6.12. The Hall–Kier alpha value is -5.12. The summed E-state index contributed by atoms with van der Waals surface area (Å²) in [6.45, 7) is 6.02. The highest BCUT2D eigenvalue weighted by Gasteiger charge is 2.36. The van der Waals surface area contributed by atoms with E-state index in [1.54, 1.807) is 32.6 Å². The van der Waals surface area contributed by atoms with E-state index in [2.05, 4.69) is 57.8 Å². The number of aliphatic imine (C=N–C) groups is 1. The maximum absolute atomic E-state index is 14.0. The number of rotatable bonds is 9. The first-order valence-electron chi connectivity index (χ1n) is 14.7. The Kier molecular flexibility index (Phi) is 8.99. The van der Waals surface area contributed by atoms with Gasteiger partial charge in [0, 0.05) is 55.1 Å². The first-order chi connectivity index (χ1) is 21.2. The first-order valence-corrected chi connectivity index (χ1v) is 14.7. The molecule has 2 amide bonds. The fourth-order valence-electron chi connectivity index (χ4n) is 5.66. The van der Waals surface area contributed by atoms with Gasteiger partial charge in [0.15, 0.2) is 0 Å². The van der Waals surface area contributed by atoms with Gasteiger partial charge in [0.1, 0.15) is 17.6 Å². The molecule has 1 aliphatic rings. The zero-order valence-electron chi connectivity index (χ0n) is 25.7. The van der Waals surface area contributed by atoms with Gasteiger partial charge >= 0.3 is 0 Å². The number of nitrogens with zero attached hydrogens (tertiary/aromatic N) is 5. The summed E-state index contributed by atoms with van der Waals surface area (Å²) in [5.74, 6) is 0.0589. The number of hydrogen-bond donors (Lipinski definition) is 3. The number of aromatic nitrogens is 4. The molecule has 4 N–H and O–H groups in total. The Bertz CT molecular complexity index is 1740. The maximum atomic E-state index is 14.0. The molecule has 10 heteroatoms. The highest BCUT2D eigenvalue weighted by Crippen LogP contribution is 2.38. The van der Waals surface area contributed by atoms with Crippen molar-refractivity contribution in [3.63, 3.8) is 0 Å². The highest BCUT2D eigenvalue weighted by atomic mass is 16.2. The number of aryl methyl sites for hydroxylation is 2. The van der Waals surface area contributed by atoms with Crippen molar-refractivity contribution in [3.05, 3.63) is 107 Å². The smallest absolute Gasteiger partial charge is 0.270 e. The van der Waals surface area contributed by atoms with Crippen LogP contribution in [0.1, 0.15) is 72.0 Å². The number of carbonyl (C=O) groups is 2. The van der Waals surface area contributed by atoms with Crippen molar-refractivity contribution < 1.29 is 9.59 Å². The lowest BCUT2D eigenvalue weighted by atomic mass is 9.90. The molecule has 226 valence electrons. The van der Waals surface area contributed by atoms with E-state index in [9.17, 15) is 9.59 Å². The molecule has 0 spiro atoms. The second-order valence-corrected chi connectivity index (χ2v) is 11.3. The van der Waals surface area contributed by atoms with Gasteiger partial charge in [-0.3, -0.25) is 19.3 Å². The van der Waals surface area contributed by atoms with Gasteiger partial charge in [-0.25, -0.2) is 9.97 Å². The van der Waals surface area contributed by atoms with Crippen LogP contribution in [0.4, 0.5) is 5.69 Å². The summed E-state index contributed by atoms with van der Waals surface area (Å²) in [6, 6.07) is 16.4. The largest absolute Gasteiger partial charge is 0.404 e. The fraction of sp³-hybridized carbons (Fsp3) is 0.294. The molecule has 2 aromatic heterocycles. The van der Waals surface area contributed by atoms with Gasteiger partial charge < -0.3 is 16.4 Å².